The number of hydrogen-bond acceptors (Lipinski definition) is 6. The number of nitrogens with zero attached hydrogens (tertiary/aromatic N) is 1. The highest BCUT2D eigenvalue weighted by Crippen LogP contribution is 2.33. The van der Waals surface area contributed by atoms with E-state index in [0.717, 1.165) is 27.6 Å². The highest BCUT2D eigenvalue weighted by molar-refractivity contribution is 7.17. The van der Waals surface area contributed by atoms with Gasteiger partial charge >= 0.3 is 0 Å². The number of fused-ring (bicyclic) bond motifs is 1. The lowest BCUT2D eigenvalue weighted by Crippen LogP contribution is -2.12. The molecule has 0 atom stereocenters. The molecule has 2 aromatic heterocycles. The monoisotopic (exact) mass is 372 g/mol. The number of benzene rings is 1. The number of aromatic nitrogens is 1. The largest absolute Gasteiger partial charge is 0.454 e. The van der Waals surface area contributed by atoms with Crippen molar-refractivity contribution in [1.29, 1.82) is 0 Å². The maximum atomic E-state index is 12.2. The minimum atomic E-state index is -0.0408. The first-order chi connectivity index (χ1) is 12.2. The molecular formula is C18H16N2O3S2. The van der Waals surface area contributed by atoms with Crippen molar-refractivity contribution in [3.05, 3.63) is 46.2 Å². The minimum absolute atomic E-state index is 0.0408. The zero-order valence-corrected chi connectivity index (χ0v) is 15.2. The van der Waals surface area contributed by atoms with Gasteiger partial charge < -0.3 is 14.8 Å². The predicted molar refractivity (Wildman–Crippen MR) is 99.7 cm³/mol. The summed E-state index contributed by atoms with van der Waals surface area (Å²) in [5, 5.41) is 5.49. The van der Waals surface area contributed by atoms with E-state index in [2.05, 4.69) is 29.4 Å². The standard InChI is InChI=1S/C18H16N2O3S2/c1-11-2-6-16(25-11)13-9-24-18(19-13)20-17(21)7-4-12-3-5-14-15(8-12)23-10-22-14/h2-3,5-6,8-9H,4,7,10H2,1H3,(H,19,20,21). The zero-order chi connectivity index (χ0) is 17.2. The molecule has 0 unspecified atom stereocenters. The summed E-state index contributed by atoms with van der Waals surface area (Å²) < 4.78 is 10.6. The topological polar surface area (TPSA) is 60.5 Å². The molecule has 3 heterocycles. The Balaban J connectivity index is 1.34. The molecule has 0 radical (unpaired) electrons. The van der Waals surface area contributed by atoms with Crippen LogP contribution in [0.5, 0.6) is 11.5 Å². The molecule has 4 rings (SSSR count). The van der Waals surface area contributed by atoms with Crippen molar-refractivity contribution >= 4 is 33.7 Å². The van der Waals surface area contributed by atoms with Gasteiger partial charge in [0.25, 0.3) is 0 Å². The number of anilines is 1. The summed E-state index contributed by atoms with van der Waals surface area (Å²) in [6.45, 7) is 2.33. The van der Waals surface area contributed by atoms with Gasteiger partial charge in [0, 0.05) is 16.7 Å². The smallest absolute Gasteiger partial charge is 0.231 e. The number of rotatable bonds is 5. The molecule has 25 heavy (non-hydrogen) atoms. The summed E-state index contributed by atoms with van der Waals surface area (Å²) >= 11 is 3.15. The first-order valence-corrected chi connectivity index (χ1v) is 9.58. The maximum Gasteiger partial charge on any atom is 0.231 e. The third-order valence-corrected chi connectivity index (χ3v) is 5.60. The molecule has 1 aromatic carbocycles. The van der Waals surface area contributed by atoms with Gasteiger partial charge in [-0.05, 0) is 43.2 Å². The van der Waals surface area contributed by atoms with E-state index < -0.39 is 0 Å². The highest BCUT2D eigenvalue weighted by atomic mass is 32.1. The second-order valence-electron chi connectivity index (χ2n) is 5.68. The lowest BCUT2D eigenvalue weighted by Gasteiger charge is -2.03. The SMILES string of the molecule is Cc1ccc(-c2csc(NC(=O)CCc3ccc4c(c3)OCO4)n2)s1. The summed E-state index contributed by atoms with van der Waals surface area (Å²) in [5.41, 5.74) is 1.96. The fourth-order valence-electron chi connectivity index (χ4n) is 2.55. The Bertz CT molecular complexity index is 917. The average Bonchev–Trinajstić information content (AvgIpc) is 3.32. The molecule has 7 heteroatoms. The quantitative estimate of drug-likeness (QED) is 0.717. The van der Waals surface area contributed by atoms with Crippen LogP contribution in [0.25, 0.3) is 10.6 Å². The Morgan fingerprint density at radius 1 is 1.24 bits per heavy atom. The number of thiophene rings is 1. The average molecular weight is 372 g/mol. The number of hydrogen-bond donors (Lipinski definition) is 1. The second-order valence-corrected chi connectivity index (χ2v) is 7.83. The fraction of sp³-hybridized carbons (Fsp3) is 0.222. The first-order valence-electron chi connectivity index (χ1n) is 7.88. The Morgan fingerprint density at radius 3 is 2.96 bits per heavy atom. The van der Waals surface area contributed by atoms with Crippen LogP contribution in [0.2, 0.25) is 0 Å². The summed E-state index contributed by atoms with van der Waals surface area (Å²) in [4.78, 5) is 19.0. The molecule has 0 spiro atoms. The van der Waals surface area contributed by atoms with Gasteiger partial charge in [-0.25, -0.2) is 4.98 Å². The van der Waals surface area contributed by atoms with E-state index in [9.17, 15) is 4.79 Å². The van der Waals surface area contributed by atoms with Crippen molar-refractivity contribution in [1.82, 2.24) is 4.98 Å². The maximum absolute atomic E-state index is 12.2. The summed E-state index contributed by atoms with van der Waals surface area (Å²) in [6, 6.07) is 9.90. The van der Waals surface area contributed by atoms with Crippen LogP contribution in [0, 0.1) is 6.92 Å². The molecule has 0 aliphatic carbocycles. The third kappa shape index (κ3) is 3.67. The Kier molecular flexibility index (Phi) is 4.42. The second kappa shape index (κ2) is 6.85. The number of aryl methyl sites for hydroxylation is 2. The van der Waals surface area contributed by atoms with Gasteiger partial charge in [0.05, 0.1) is 10.6 Å². The van der Waals surface area contributed by atoms with Crippen LogP contribution in [0.1, 0.15) is 16.9 Å². The van der Waals surface area contributed by atoms with E-state index in [4.69, 9.17) is 9.47 Å². The summed E-state index contributed by atoms with van der Waals surface area (Å²) in [7, 11) is 0. The van der Waals surface area contributed by atoms with Crippen molar-refractivity contribution in [2.45, 2.75) is 19.8 Å². The molecule has 1 aliphatic heterocycles. The number of carbonyl (C=O) groups is 1. The van der Waals surface area contributed by atoms with Crippen LogP contribution in [-0.2, 0) is 11.2 Å². The summed E-state index contributed by atoms with van der Waals surface area (Å²) in [6.07, 6.45) is 1.04. The van der Waals surface area contributed by atoms with E-state index in [1.807, 2.05) is 23.6 Å². The molecule has 1 aliphatic rings. The lowest BCUT2D eigenvalue weighted by molar-refractivity contribution is -0.116. The van der Waals surface area contributed by atoms with Crippen LogP contribution in [0.15, 0.2) is 35.7 Å². The lowest BCUT2D eigenvalue weighted by atomic mass is 10.1. The molecule has 0 bridgehead atoms. The van der Waals surface area contributed by atoms with Gasteiger partial charge in [0.1, 0.15) is 0 Å². The van der Waals surface area contributed by atoms with Crippen LogP contribution in [0.3, 0.4) is 0 Å². The molecule has 0 fully saturated rings. The van der Waals surface area contributed by atoms with E-state index in [1.54, 1.807) is 11.3 Å². The predicted octanol–water partition coefficient (Wildman–Crippen LogP) is 4.48. The van der Waals surface area contributed by atoms with Crippen molar-refractivity contribution in [2.24, 2.45) is 0 Å². The zero-order valence-electron chi connectivity index (χ0n) is 13.6. The van der Waals surface area contributed by atoms with Crippen LogP contribution in [0.4, 0.5) is 5.13 Å². The molecule has 5 nitrogen and oxygen atoms in total. The van der Waals surface area contributed by atoms with Crippen molar-refractivity contribution in [3.8, 4) is 22.1 Å². The Hall–Kier alpha value is -2.38. The Morgan fingerprint density at radius 2 is 2.12 bits per heavy atom. The van der Waals surface area contributed by atoms with Crippen LogP contribution < -0.4 is 14.8 Å². The molecule has 1 N–H and O–H groups in total. The van der Waals surface area contributed by atoms with E-state index >= 15 is 0 Å². The number of nitrogens with one attached hydrogen (secondary N) is 1. The molecular weight excluding hydrogens is 356 g/mol. The van der Waals surface area contributed by atoms with Gasteiger partial charge in [0.2, 0.25) is 12.7 Å². The van der Waals surface area contributed by atoms with E-state index in [-0.39, 0.29) is 12.7 Å². The normalized spacial score (nSPS) is 12.4. The molecule has 0 saturated heterocycles. The van der Waals surface area contributed by atoms with Gasteiger partial charge in [-0.1, -0.05) is 6.07 Å². The highest BCUT2D eigenvalue weighted by Gasteiger charge is 2.14. The number of carbonyl (C=O) groups excluding carboxylic acids is 1. The fourth-order valence-corrected chi connectivity index (χ4v) is 4.18. The third-order valence-electron chi connectivity index (χ3n) is 3.82. The van der Waals surface area contributed by atoms with Crippen LogP contribution in [-0.4, -0.2) is 17.7 Å². The molecule has 1 amide bonds. The number of amides is 1. The number of ether oxygens (including phenoxy) is 2. The molecule has 0 saturated carbocycles. The van der Waals surface area contributed by atoms with Gasteiger partial charge in [-0.15, -0.1) is 22.7 Å². The molecule has 128 valence electrons. The minimum Gasteiger partial charge on any atom is -0.454 e. The van der Waals surface area contributed by atoms with Gasteiger partial charge in [0.15, 0.2) is 16.6 Å². The number of thiazole rings is 1. The van der Waals surface area contributed by atoms with Crippen molar-refractivity contribution in [2.75, 3.05) is 12.1 Å². The first kappa shape index (κ1) is 16.1. The van der Waals surface area contributed by atoms with Gasteiger partial charge in [-0.3, -0.25) is 4.79 Å². The summed E-state index contributed by atoms with van der Waals surface area (Å²) in [5.74, 6) is 1.46. The van der Waals surface area contributed by atoms with Crippen molar-refractivity contribution in [3.63, 3.8) is 0 Å². The molecule has 3 aromatic rings. The van der Waals surface area contributed by atoms with Crippen molar-refractivity contribution < 1.29 is 14.3 Å². The van der Waals surface area contributed by atoms with E-state index in [1.165, 1.54) is 16.2 Å². The van der Waals surface area contributed by atoms with Crippen LogP contribution >= 0.6 is 22.7 Å². The van der Waals surface area contributed by atoms with E-state index in [0.29, 0.717) is 18.0 Å². The van der Waals surface area contributed by atoms with Gasteiger partial charge in [-0.2, -0.15) is 0 Å². The Labute approximate surface area is 153 Å².